The number of fused-ring (bicyclic) bond motifs is 1. The van der Waals surface area contributed by atoms with Crippen LogP contribution in [0.15, 0.2) is 18.2 Å². The highest BCUT2D eigenvalue weighted by atomic mass is 31.2. The maximum absolute atomic E-state index is 11.7. The molecule has 0 bridgehead atoms. The second-order valence-electron chi connectivity index (χ2n) is 6.33. The van der Waals surface area contributed by atoms with Crippen LogP contribution in [0, 0.1) is 0 Å². The number of ketones is 1. The number of rotatable bonds is 6. The quantitative estimate of drug-likeness (QED) is 0.283. The summed E-state index contributed by atoms with van der Waals surface area (Å²) in [6.45, 7) is 4.13. The van der Waals surface area contributed by atoms with E-state index in [-0.39, 0.29) is 5.78 Å². The highest BCUT2D eigenvalue weighted by Gasteiger charge is 2.45. The predicted molar refractivity (Wildman–Crippen MR) is 91.0 cm³/mol. The standard InChI is InChI=1S/C15H19NO8P.Al/c1-9(18)10-4-5-12-11(6-10)13(16-7-17)14(15(2,3)24-12)22-8-23-25(19,20)21;/h4-6,13-14H,8H2,1-3H3,(H,16,17)(H2,19,20,21);/t13-,14+;/m0./s1. The summed E-state index contributed by atoms with van der Waals surface area (Å²) in [6.07, 6.45) is -0.840. The molecule has 26 heavy (non-hydrogen) atoms. The Morgan fingerprint density at radius 2 is 2.04 bits per heavy atom. The molecule has 2 radical (unpaired) electrons. The van der Waals surface area contributed by atoms with Crippen LogP contribution in [0.1, 0.15) is 42.7 Å². The summed E-state index contributed by atoms with van der Waals surface area (Å²) in [4.78, 5) is 41.0. The van der Waals surface area contributed by atoms with Crippen LogP contribution in [0.2, 0.25) is 0 Å². The molecule has 11 heteroatoms. The second kappa shape index (κ2) is 7.79. The molecular weight excluding hydrogens is 380 g/mol. The molecule has 0 spiro atoms. The van der Waals surface area contributed by atoms with Gasteiger partial charge >= 0.3 is 7.82 Å². The van der Waals surface area contributed by atoms with Crippen LogP contribution in [0.3, 0.4) is 0 Å². The zero-order valence-corrected chi connectivity index (χ0v) is 16.5. The minimum absolute atomic E-state index is 0.157. The van der Waals surface area contributed by atoms with Crippen LogP contribution < -0.4 is 10.1 Å². The third-order valence-corrected chi connectivity index (χ3v) is 4.49. The zero-order chi connectivity index (χ0) is 19.7. The van der Waals surface area contributed by atoms with E-state index in [0.717, 1.165) is 0 Å². The number of benzene rings is 1. The van der Waals surface area contributed by atoms with E-state index in [0.29, 0.717) is 16.9 Å². The number of ether oxygens (including phenoxy) is 2. The Hall–Kier alpha value is -1.24. The maximum atomic E-state index is 11.7. The Bertz CT molecular complexity index is 762. The first kappa shape index (κ1) is 21.1. The largest absolute Gasteiger partial charge is 0.485 e. The van der Waals surface area contributed by atoms with E-state index in [1.165, 1.54) is 6.92 Å². The van der Waals surface area contributed by atoms with E-state index in [2.05, 4.69) is 9.84 Å². The van der Waals surface area contributed by atoms with Gasteiger partial charge in [0.25, 0.3) is 16.3 Å². The Balaban J connectivity index is 2.41. The summed E-state index contributed by atoms with van der Waals surface area (Å²) in [7, 11) is -4.71. The van der Waals surface area contributed by atoms with Gasteiger partial charge in [-0.3, -0.25) is 9.32 Å². The molecule has 1 aromatic rings. The number of carbonyl (C=O) groups excluding carboxylic acids is 2. The van der Waals surface area contributed by atoms with Gasteiger partial charge in [0, 0.05) is 11.1 Å². The fourth-order valence-electron chi connectivity index (χ4n) is 2.79. The van der Waals surface area contributed by atoms with E-state index in [1.807, 2.05) is 16.3 Å². The fraction of sp³-hybridized carbons (Fsp3) is 0.467. The van der Waals surface area contributed by atoms with Gasteiger partial charge in [-0.2, -0.15) is 0 Å². The first-order valence-corrected chi connectivity index (χ1v) is 9.73. The maximum Gasteiger partial charge on any atom is 0.471 e. The monoisotopic (exact) mass is 399 g/mol. The van der Waals surface area contributed by atoms with Crippen molar-refractivity contribution in [1.29, 1.82) is 0 Å². The average Bonchev–Trinajstić information content (AvgIpc) is 2.47. The fourth-order valence-corrected chi connectivity index (χ4v) is 3.16. The lowest BCUT2D eigenvalue weighted by molar-refractivity contribution is -0.140. The summed E-state index contributed by atoms with van der Waals surface area (Å²) < 4.78 is 26.2. The number of phosphoric ester groups is 1. The van der Waals surface area contributed by atoms with Crippen LogP contribution in [0.4, 0.5) is 4.79 Å². The van der Waals surface area contributed by atoms with Crippen LogP contribution in [-0.2, 0) is 13.8 Å². The molecule has 2 rings (SSSR count). The SMILES string of the molecule is CC(=O)c1ccc2c(c1)[C@H](N[C](=O)[Al])[C@@H](OCOP(=O)(O)O)C(C)(C)O2. The van der Waals surface area contributed by atoms with Gasteiger partial charge < -0.3 is 29.4 Å². The molecule has 3 N–H and O–H groups in total. The van der Waals surface area contributed by atoms with Gasteiger partial charge in [-0.15, -0.1) is 0 Å². The Morgan fingerprint density at radius 3 is 2.58 bits per heavy atom. The van der Waals surface area contributed by atoms with E-state index in [9.17, 15) is 14.2 Å². The van der Waals surface area contributed by atoms with Crippen molar-refractivity contribution in [3.05, 3.63) is 29.3 Å². The average molecular weight is 399 g/mol. The smallest absolute Gasteiger partial charge is 0.471 e. The van der Waals surface area contributed by atoms with Crippen LogP contribution in [-0.4, -0.2) is 55.1 Å². The van der Waals surface area contributed by atoms with Gasteiger partial charge in [-0.05, 0) is 39.0 Å². The number of carbonyl (C=O) groups is 2. The van der Waals surface area contributed by atoms with Crippen LogP contribution in [0.25, 0.3) is 0 Å². The Labute approximate surface area is 158 Å². The molecule has 0 saturated heterocycles. The molecule has 2 atom stereocenters. The lowest BCUT2D eigenvalue weighted by Gasteiger charge is -2.44. The minimum atomic E-state index is -4.71. The van der Waals surface area contributed by atoms with E-state index < -0.39 is 37.1 Å². The van der Waals surface area contributed by atoms with Gasteiger partial charge in [-0.1, -0.05) is 0 Å². The van der Waals surface area contributed by atoms with Crippen molar-refractivity contribution in [2.24, 2.45) is 0 Å². The van der Waals surface area contributed by atoms with Crippen molar-refractivity contribution in [1.82, 2.24) is 5.32 Å². The van der Waals surface area contributed by atoms with Gasteiger partial charge in [0.15, 0.2) is 12.6 Å². The molecule has 1 amide bonds. The van der Waals surface area contributed by atoms with Crippen molar-refractivity contribution in [3.8, 4) is 5.75 Å². The van der Waals surface area contributed by atoms with Gasteiger partial charge in [0.2, 0.25) is 0 Å². The molecule has 1 aliphatic rings. The van der Waals surface area contributed by atoms with E-state index in [1.54, 1.807) is 32.0 Å². The highest BCUT2D eigenvalue weighted by Crippen LogP contribution is 2.43. The van der Waals surface area contributed by atoms with Gasteiger partial charge in [-0.25, -0.2) is 4.57 Å². The summed E-state index contributed by atoms with van der Waals surface area (Å²) in [5.74, 6) is 0.315. The van der Waals surface area contributed by atoms with Crippen molar-refractivity contribution >= 4 is 34.7 Å². The van der Waals surface area contributed by atoms with Crippen molar-refractivity contribution in [2.75, 3.05) is 6.79 Å². The number of nitrogens with one attached hydrogen (secondary N) is 1. The second-order valence-corrected chi connectivity index (χ2v) is 8.09. The molecule has 140 valence electrons. The summed E-state index contributed by atoms with van der Waals surface area (Å²) >= 11 is 1.99. The number of Topliss-reactive ketones (excluding diaryl/α,β-unsaturated/α-hetero) is 1. The van der Waals surface area contributed by atoms with E-state index >= 15 is 0 Å². The van der Waals surface area contributed by atoms with Crippen LogP contribution >= 0.6 is 7.82 Å². The zero-order valence-electron chi connectivity index (χ0n) is 14.5. The summed E-state index contributed by atoms with van der Waals surface area (Å²) in [5, 5.41) is 2.72. The molecular formula is C15H19AlNO8P. The van der Waals surface area contributed by atoms with Gasteiger partial charge in [0.1, 0.15) is 17.5 Å². The van der Waals surface area contributed by atoms with Crippen LogP contribution in [0.5, 0.6) is 5.75 Å². The van der Waals surface area contributed by atoms with Gasteiger partial charge in [0.05, 0.1) is 10.8 Å². The molecule has 0 fully saturated rings. The number of phosphoric acid groups is 1. The first-order chi connectivity index (χ1) is 11.9. The Morgan fingerprint density at radius 1 is 1.38 bits per heavy atom. The lowest BCUT2D eigenvalue weighted by Crippen LogP contribution is -2.55. The number of hydrogen-bond donors (Lipinski definition) is 3. The van der Waals surface area contributed by atoms with Crippen molar-refractivity contribution in [3.63, 3.8) is 0 Å². The summed E-state index contributed by atoms with van der Waals surface area (Å²) in [6, 6.07) is 4.13. The van der Waals surface area contributed by atoms with Crippen molar-refractivity contribution in [2.45, 2.75) is 38.5 Å². The molecule has 0 unspecified atom stereocenters. The number of hydrogen-bond acceptors (Lipinski definition) is 6. The molecule has 0 saturated carbocycles. The van der Waals surface area contributed by atoms with Crippen molar-refractivity contribution < 1.29 is 37.9 Å². The Kier molecular flexibility index (Phi) is 6.31. The lowest BCUT2D eigenvalue weighted by atomic mass is 9.85. The molecule has 1 aliphatic heterocycles. The third kappa shape index (κ3) is 5.15. The third-order valence-electron chi connectivity index (χ3n) is 3.88. The highest BCUT2D eigenvalue weighted by molar-refractivity contribution is 7.46. The molecule has 1 heterocycles. The summed E-state index contributed by atoms with van der Waals surface area (Å²) in [5.41, 5.74) is -0.00452. The number of amides is 1. The minimum Gasteiger partial charge on any atom is -0.485 e. The topological polar surface area (TPSA) is 131 Å². The molecule has 9 nitrogen and oxygen atoms in total. The normalized spacial score (nSPS) is 21.4. The molecule has 1 aromatic carbocycles. The van der Waals surface area contributed by atoms with E-state index in [4.69, 9.17) is 19.3 Å². The first-order valence-electron chi connectivity index (χ1n) is 7.62. The predicted octanol–water partition coefficient (Wildman–Crippen LogP) is 1.43. The molecule has 0 aliphatic carbocycles. The molecule has 0 aromatic heterocycles.